The van der Waals surface area contributed by atoms with Crippen molar-refractivity contribution in [1.29, 1.82) is 0 Å². The monoisotopic (exact) mass is 205 g/mol. The molecule has 15 heavy (non-hydrogen) atoms. The van der Waals surface area contributed by atoms with Crippen molar-refractivity contribution in [2.75, 3.05) is 19.3 Å². The lowest BCUT2D eigenvalue weighted by atomic mass is 10.1. The van der Waals surface area contributed by atoms with E-state index in [2.05, 4.69) is 11.9 Å². The molecule has 0 aromatic heterocycles. The standard InChI is InChI=1S/C12H19N3/c1-5-15(4)8-14-12-7-9(2)11(13)6-10(12)3/h6-8H,5,13H2,1-4H3/b14-8+. The molecular formula is C12H19N3. The zero-order valence-electron chi connectivity index (χ0n) is 9.91. The SMILES string of the molecule is CCN(C)/C=N/c1cc(C)c(N)cc1C. The van der Waals surface area contributed by atoms with Gasteiger partial charge in [-0.25, -0.2) is 4.99 Å². The van der Waals surface area contributed by atoms with Crippen molar-refractivity contribution < 1.29 is 0 Å². The molecule has 0 unspecified atom stereocenters. The Morgan fingerprint density at radius 2 is 2.00 bits per heavy atom. The number of aliphatic imine (C=N–C) groups is 1. The molecule has 1 aromatic rings. The summed E-state index contributed by atoms with van der Waals surface area (Å²) in [4.78, 5) is 6.46. The van der Waals surface area contributed by atoms with Gasteiger partial charge in [-0.05, 0) is 44.0 Å². The normalized spacial score (nSPS) is 10.9. The summed E-state index contributed by atoms with van der Waals surface area (Å²) in [5.74, 6) is 0. The van der Waals surface area contributed by atoms with Crippen molar-refractivity contribution in [3.63, 3.8) is 0 Å². The quantitative estimate of drug-likeness (QED) is 0.468. The van der Waals surface area contributed by atoms with Crippen LogP contribution in [0.4, 0.5) is 11.4 Å². The molecule has 0 spiro atoms. The van der Waals surface area contributed by atoms with Gasteiger partial charge in [-0.2, -0.15) is 0 Å². The number of nitrogen functional groups attached to an aromatic ring is 1. The van der Waals surface area contributed by atoms with Crippen molar-refractivity contribution in [2.24, 2.45) is 4.99 Å². The Morgan fingerprint density at radius 3 is 2.60 bits per heavy atom. The molecule has 0 heterocycles. The minimum absolute atomic E-state index is 0.829. The maximum absolute atomic E-state index is 5.81. The lowest BCUT2D eigenvalue weighted by molar-refractivity contribution is 0.552. The number of aryl methyl sites for hydroxylation is 2. The molecule has 0 saturated heterocycles. The molecule has 0 fully saturated rings. The van der Waals surface area contributed by atoms with E-state index in [1.165, 1.54) is 0 Å². The van der Waals surface area contributed by atoms with Gasteiger partial charge in [-0.15, -0.1) is 0 Å². The summed E-state index contributed by atoms with van der Waals surface area (Å²) in [6.07, 6.45) is 1.85. The van der Waals surface area contributed by atoms with E-state index >= 15 is 0 Å². The van der Waals surface area contributed by atoms with E-state index in [9.17, 15) is 0 Å². The average molecular weight is 205 g/mol. The highest BCUT2D eigenvalue weighted by Crippen LogP contribution is 2.24. The largest absolute Gasteiger partial charge is 0.399 e. The molecule has 1 aromatic carbocycles. The summed E-state index contributed by atoms with van der Waals surface area (Å²) < 4.78 is 0. The van der Waals surface area contributed by atoms with Gasteiger partial charge in [0.05, 0.1) is 12.0 Å². The number of hydrogen-bond acceptors (Lipinski definition) is 2. The van der Waals surface area contributed by atoms with Crippen LogP contribution < -0.4 is 5.73 Å². The first-order chi connectivity index (χ1) is 7.04. The molecule has 0 amide bonds. The number of benzene rings is 1. The Bertz CT molecular complexity index is 369. The van der Waals surface area contributed by atoms with Crippen molar-refractivity contribution in [3.05, 3.63) is 23.3 Å². The maximum Gasteiger partial charge on any atom is 0.0909 e. The number of hydrogen-bond donors (Lipinski definition) is 1. The molecule has 0 saturated carbocycles. The van der Waals surface area contributed by atoms with Crippen molar-refractivity contribution in [1.82, 2.24) is 4.90 Å². The van der Waals surface area contributed by atoms with E-state index in [0.29, 0.717) is 0 Å². The Kier molecular flexibility index (Phi) is 3.72. The summed E-state index contributed by atoms with van der Waals surface area (Å²) in [5, 5.41) is 0. The molecule has 0 aliphatic heterocycles. The third kappa shape index (κ3) is 2.98. The van der Waals surface area contributed by atoms with Crippen LogP contribution in [0, 0.1) is 13.8 Å². The minimum Gasteiger partial charge on any atom is -0.399 e. The second-order valence-corrected chi connectivity index (χ2v) is 3.81. The Morgan fingerprint density at radius 1 is 1.33 bits per heavy atom. The zero-order chi connectivity index (χ0) is 11.4. The lowest BCUT2D eigenvalue weighted by Gasteiger charge is -2.10. The van der Waals surface area contributed by atoms with E-state index in [1.54, 1.807) is 0 Å². The summed E-state index contributed by atoms with van der Waals surface area (Å²) in [6.45, 7) is 7.06. The van der Waals surface area contributed by atoms with Gasteiger partial charge in [-0.1, -0.05) is 0 Å². The van der Waals surface area contributed by atoms with Crippen LogP contribution in [0.3, 0.4) is 0 Å². The van der Waals surface area contributed by atoms with Crippen molar-refractivity contribution in [3.8, 4) is 0 Å². The predicted molar refractivity (Wildman–Crippen MR) is 66.8 cm³/mol. The second kappa shape index (κ2) is 4.82. The van der Waals surface area contributed by atoms with Crippen molar-refractivity contribution in [2.45, 2.75) is 20.8 Å². The Hall–Kier alpha value is -1.51. The summed E-state index contributed by atoms with van der Waals surface area (Å²) in [5.41, 5.74) is 9.81. The van der Waals surface area contributed by atoms with E-state index < -0.39 is 0 Å². The van der Waals surface area contributed by atoms with Crippen LogP contribution >= 0.6 is 0 Å². The topological polar surface area (TPSA) is 41.6 Å². The molecule has 3 heteroatoms. The molecule has 2 N–H and O–H groups in total. The molecule has 1 rings (SSSR count). The average Bonchev–Trinajstić information content (AvgIpc) is 2.21. The summed E-state index contributed by atoms with van der Waals surface area (Å²) in [6, 6.07) is 3.98. The minimum atomic E-state index is 0.829. The first-order valence-corrected chi connectivity index (χ1v) is 5.15. The lowest BCUT2D eigenvalue weighted by Crippen LogP contribution is -2.14. The van der Waals surface area contributed by atoms with Gasteiger partial charge in [0.2, 0.25) is 0 Å². The van der Waals surface area contributed by atoms with Gasteiger partial charge < -0.3 is 10.6 Å². The summed E-state index contributed by atoms with van der Waals surface area (Å²) >= 11 is 0. The van der Waals surface area contributed by atoms with Crippen LogP contribution in [0.2, 0.25) is 0 Å². The molecule has 0 radical (unpaired) electrons. The van der Waals surface area contributed by atoms with Gasteiger partial charge in [0.15, 0.2) is 0 Å². The molecule has 82 valence electrons. The smallest absolute Gasteiger partial charge is 0.0909 e. The zero-order valence-corrected chi connectivity index (χ0v) is 9.91. The van der Waals surface area contributed by atoms with Crippen LogP contribution in [0.25, 0.3) is 0 Å². The van der Waals surface area contributed by atoms with Crippen LogP contribution in [0.5, 0.6) is 0 Å². The number of rotatable bonds is 3. The van der Waals surface area contributed by atoms with Gasteiger partial charge in [0.1, 0.15) is 0 Å². The first-order valence-electron chi connectivity index (χ1n) is 5.15. The fraction of sp³-hybridized carbons (Fsp3) is 0.417. The molecular weight excluding hydrogens is 186 g/mol. The van der Waals surface area contributed by atoms with Gasteiger partial charge in [0, 0.05) is 19.3 Å². The van der Waals surface area contributed by atoms with Gasteiger partial charge in [0.25, 0.3) is 0 Å². The van der Waals surface area contributed by atoms with Crippen LogP contribution in [0.1, 0.15) is 18.1 Å². The first kappa shape index (κ1) is 11.6. The highest BCUT2D eigenvalue weighted by molar-refractivity contribution is 5.66. The van der Waals surface area contributed by atoms with E-state index in [0.717, 1.165) is 29.0 Å². The molecule has 0 aliphatic carbocycles. The molecule has 0 atom stereocenters. The molecule has 3 nitrogen and oxygen atoms in total. The third-order valence-electron chi connectivity index (χ3n) is 2.48. The maximum atomic E-state index is 5.81. The van der Waals surface area contributed by atoms with E-state index in [1.807, 2.05) is 44.3 Å². The molecule has 0 bridgehead atoms. The second-order valence-electron chi connectivity index (χ2n) is 3.81. The van der Waals surface area contributed by atoms with Crippen molar-refractivity contribution >= 4 is 17.7 Å². The third-order valence-corrected chi connectivity index (χ3v) is 2.48. The van der Waals surface area contributed by atoms with E-state index in [4.69, 9.17) is 5.73 Å². The Balaban J connectivity index is 2.95. The van der Waals surface area contributed by atoms with Gasteiger partial charge in [-0.3, -0.25) is 0 Å². The number of nitrogens with zero attached hydrogens (tertiary/aromatic N) is 2. The fourth-order valence-corrected chi connectivity index (χ4v) is 1.20. The predicted octanol–water partition coefficient (Wildman–Crippen LogP) is 2.50. The summed E-state index contributed by atoms with van der Waals surface area (Å²) in [7, 11) is 2.00. The van der Waals surface area contributed by atoms with Crippen LogP contribution in [0.15, 0.2) is 17.1 Å². The van der Waals surface area contributed by atoms with Gasteiger partial charge >= 0.3 is 0 Å². The van der Waals surface area contributed by atoms with Crippen LogP contribution in [-0.4, -0.2) is 24.8 Å². The fourth-order valence-electron chi connectivity index (χ4n) is 1.20. The van der Waals surface area contributed by atoms with Crippen LogP contribution in [-0.2, 0) is 0 Å². The highest BCUT2D eigenvalue weighted by atomic mass is 15.1. The number of nitrogens with two attached hydrogens (primary N) is 1. The number of anilines is 1. The Labute approximate surface area is 91.6 Å². The molecule has 0 aliphatic rings. The van der Waals surface area contributed by atoms with E-state index in [-0.39, 0.29) is 0 Å². The highest BCUT2D eigenvalue weighted by Gasteiger charge is 2.00.